The quantitative estimate of drug-likeness (QED) is 0.865. The van der Waals surface area contributed by atoms with E-state index in [1.54, 1.807) is 0 Å². The van der Waals surface area contributed by atoms with Gasteiger partial charge in [-0.25, -0.2) is 4.98 Å². The average molecular weight is 321 g/mol. The van der Waals surface area contributed by atoms with Gasteiger partial charge in [-0.05, 0) is 62.4 Å². The van der Waals surface area contributed by atoms with Crippen molar-refractivity contribution in [1.82, 2.24) is 10.3 Å². The van der Waals surface area contributed by atoms with Gasteiger partial charge in [-0.15, -0.1) is 11.3 Å². The molecule has 1 aliphatic rings. The van der Waals surface area contributed by atoms with Gasteiger partial charge in [0, 0.05) is 9.90 Å². The average Bonchev–Trinajstić information content (AvgIpc) is 3.02. The largest absolute Gasteiger partial charge is 0.304 e. The van der Waals surface area contributed by atoms with E-state index >= 15 is 0 Å². The second-order valence-corrected chi connectivity index (χ2v) is 7.22. The standard InChI is InChI=1S/C17H21ClN2S/c1-3-9-19-16(13-8-7-12(18)10-11(13)2)17-20-14-5-4-6-15(14)21-17/h7-8,10,16,19H,3-6,9H2,1-2H3. The van der Waals surface area contributed by atoms with E-state index < -0.39 is 0 Å². The van der Waals surface area contributed by atoms with Crippen molar-refractivity contribution in [2.24, 2.45) is 0 Å². The van der Waals surface area contributed by atoms with Gasteiger partial charge >= 0.3 is 0 Å². The van der Waals surface area contributed by atoms with E-state index in [-0.39, 0.29) is 6.04 Å². The number of fused-ring (bicyclic) bond motifs is 1. The number of rotatable bonds is 5. The Hall–Kier alpha value is -0.900. The minimum atomic E-state index is 0.192. The molecule has 0 amide bonds. The number of aryl methyl sites for hydroxylation is 3. The molecule has 21 heavy (non-hydrogen) atoms. The highest BCUT2D eigenvalue weighted by atomic mass is 35.5. The number of hydrogen-bond acceptors (Lipinski definition) is 3. The predicted molar refractivity (Wildman–Crippen MR) is 90.5 cm³/mol. The molecular weight excluding hydrogens is 300 g/mol. The Labute approximate surface area is 135 Å². The summed E-state index contributed by atoms with van der Waals surface area (Å²) in [5, 5.41) is 5.66. The monoisotopic (exact) mass is 320 g/mol. The molecule has 1 heterocycles. The lowest BCUT2D eigenvalue weighted by molar-refractivity contribution is 0.592. The van der Waals surface area contributed by atoms with Gasteiger partial charge in [-0.1, -0.05) is 24.6 Å². The van der Waals surface area contributed by atoms with Crippen molar-refractivity contribution in [1.29, 1.82) is 0 Å². The summed E-state index contributed by atoms with van der Waals surface area (Å²) in [5.74, 6) is 0. The number of thiazole rings is 1. The second-order valence-electron chi connectivity index (χ2n) is 5.66. The first-order valence-electron chi connectivity index (χ1n) is 7.67. The topological polar surface area (TPSA) is 24.9 Å². The van der Waals surface area contributed by atoms with Crippen molar-refractivity contribution in [2.45, 2.75) is 45.6 Å². The lowest BCUT2D eigenvalue weighted by Gasteiger charge is -2.19. The Morgan fingerprint density at radius 3 is 2.95 bits per heavy atom. The first kappa shape index (κ1) is 15.0. The summed E-state index contributed by atoms with van der Waals surface area (Å²) in [6.45, 7) is 5.32. The van der Waals surface area contributed by atoms with Crippen LogP contribution in [-0.4, -0.2) is 11.5 Å². The molecule has 4 heteroatoms. The molecule has 1 atom stereocenters. The molecule has 1 aromatic carbocycles. The molecule has 1 N–H and O–H groups in total. The smallest absolute Gasteiger partial charge is 0.115 e. The summed E-state index contributed by atoms with van der Waals surface area (Å²) in [6, 6.07) is 6.35. The maximum atomic E-state index is 6.10. The normalized spacial score (nSPS) is 15.2. The SMILES string of the molecule is CCCNC(c1nc2c(s1)CCC2)c1ccc(Cl)cc1C. The van der Waals surface area contributed by atoms with Crippen LogP contribution in [0.3, 0.4) is 0 Å². The van der Waals surface area contributed by atoms with Crippen LogP contribution in [0.5, 0.6) is 0 Å². The molecule has 2 nitrogen and oxygen atoms in total. The fourth-order valence-corrected chi connectivity index (χ4v) is 4.39. The van der Waals surface area contributed by atoms with Crippen molar-refractivity contribution in [3.63, 3.8) is 0 Å². The summed E-state index contributed by atoms with van der Waals surface area (Å²) < 4.78 is 0. The molecule has 0 spiro atoms. The van der Waals surface area contributed by atoms with Crippen LogP contribution in [0.4, 0.5) is 0 Å². The lowest BCUT2D eigenvalue weighted by atomic mass is 10.0. The summed E-state index contributed by atoms with van der Waals surface area (Å²) in [6.07, 6.45) is 4.73. The zero-order valence-corrected chi connectivity index (χ0v) is 14.2. The van der Waals surface area contributed by atoms with Gasteiger partial charge in [-0.3, -0.25) is 0 Å². The highest BCUT2D eigenvalue weighted by molar-refractivity contribution is 7.11. The third-order valence-corrected chi connectivity index (χ3v) is 5.46. The van der Waals surface area contributed by atoms with Crippen LogP contribution in [-0.2, 0) is 12.8 Å². The van der Waals surface area contributed by atoms with Crippen LogP contribution in [0.25, 0.3) is 0 Å². The molecule has 1 unspecified atom stereocenters. The number of hydrogen-bond donors (Lipinski definition) is 1. The zero-order chi connectivity index (χ0) is 14.8. The third-order valence-electron chi connectivity index (χ3n) is 4.00. The molecule has 0 radical (unpaired) electrons. The van der Waals surface area contributed by atoms with Crippen LogP contribution in [0.15, 0.2) is 18.2 Å². The Morgan fingerprint density at radius 1 is 1.38 bits per heavy atom. The number of nitrogens with zero attached hydrogens (tertiary/aromatic N) is 1. The van der Waals surface area contributed by atoms with Gasteiger partial charge in [0.05, 0.1) is 11.7 Å². The Balaban J connectivity index is 1.96. The van der Waals surface area contributed by atoms with E-state index in [2.05, 4.69) is 25.2 Å². The molecule has 0 fully saturated rings. The van der Waals surface area contributed by atoms with Gasteiger partial charge in [0.2, 0.25) is 0 Å². The fraction of sp³-hybridized carbons (Fsp3) is 0.471. The maximum Gasteiger partial charge on any atom is 0.115 e. The van der Waals surface area contributed by atoms with Crippen molar-refractivity contribution in [3.8, 4) is 0 Å². The first-order chi connectivity index (χ1) is 10.2. The minimum absolute atomic E-state index is 0.192. The van der Waals surface area contributed by atoms with E-state index in [4.69, 9.17) is 16.6 Å². The van der Waals surface area contributed by atoms with Gasteiger partial charge in [0.1, 0.15) is 5.01 Å². The Morgan fingerprint density at radius 2 is 2.24 bits per heavy atom. The van der Waals surface area contributed by atoms with Gasteiger partial charge in [0.15, 0.2) is 0 Å². The number of halogens is 1. The van der Waals surface area contributed by atoms with Crippen molar-refractivity contribution >= 4 is 22.9 Å². The van der Waals surface area contributed by atoms with Gasteiger partial charge < -0.3 is 5.32 Å². The summed E-state index contributed by atoms with van der Waals surface area (Å²) in [7, 11) is 0. The van der Waals surface area contributed by atoms with E-state index in [0.717, 1.165) is 24.4 Å². The lowest BCUT2D eigenvalue weighted by Crippen LogP contribution is -2.24. The zero-order valence-electron chi connectivity index (χ0n) is 12.6. The van der Waals surface area contributed by atoms with Crippen molar-refractivity contribution < 1.29 is 0 Å². The van der Waals surface area contributed by atoms with Gasteiger partial charge in [-0.2, -0.15) is 0 Å². The first-order valence-corrected chi connectivity index (χ1v) is 8.86. The van der Waals surface area contributed by atoms with E-state index in [0.29, 0.717) is 0 Å². The summed E-state index contributed by atoms with van der Waals surface area (Å²) >= 11 is 7.98. The fourth-order valence-electron chi connectivity index (χ4n) is 2.92. The molecule has 0 aliphatic heterocycles. The molecule has 2 aromatic rings. The van der Waals surface area contributed by atoms with Crippen LogP contribution in [0.1, 0.15) is 52.5 Å². The molecule has 0 saturated carbocycles. The highest BCUT2D eigenvalue weighted by Crippen LogP contribution is 2.34. The van der Waals surface area contributed by atoms with Crippen LogP contribution >= 0.6 is 22.9 Å². The van der Waals surface area contributed by atoms with Crippen LogP contribution < -0.4 is 5.32 Å². The number of nitrogens with one attached hydrogen (secondary N) is 1. The molecule has 1 aromatic heterocycles. The maximum absolute atomic E-state index is 6.10. The Kier molecular flexibility index (Phi) is 4.63. The molecular formula is C17H21ClN2S. The molecule has 3 rings (SSSR count). The molecule has 112 valence electrons. The van der Waals surface area contributed by atoms with Crippen molar-refractivity contribution in [2.75, 3.05) is 6.54 Å². The molecule has 0 bridgehead atoms. The predicted octanol–water partition coefficient (Wildman–Crippen LogP) is 4.68. The Bertz CT molecular complexity index is 614. The van der Waals surface area contributed by atoms with E-state index in [1.165, 1.54) is 39.5 Å². The highest BCUT2D eigenvalue weighted by Gasteiger charge is 2.23. The van der Waals surface area contributed by atoms with Crippen molar-refractivity contribution in [3.05, 3.63) is 49.9 Å². The molecule has 1 aliphatic carbocycles. The third kappa shape index (κ3) is 3.15. The van der Waals surface area contributed by atoms with E-state index in [1.807, 2.05) is 23.5 Å². The second kappa shape index (κ2) is 6.47. The number of benzene rings is 1. The van der Waals surface area contributed by atoms with Gasteiger partial charge in [0.25, 0.3) is 0 Å². The summed E-state index contributed by atoms with van der Waals surface area (Å²) in [5.41, 5.74) is 3.84. The molecule has 0 saturated heterocycles. The summed E-state index contributed by atoms with van der Waals surface area (Å²) in [4.78, 5) is 6.39. The minimum Gasteiger partial charge on any atom is -0.304 e. The van der Waals surface area contributed by atoms with Crippen LogP contribution in [0, 0.1) is 6.92 Å². The number of aromatic nitrogens is 1. The van der Waals surface area contributed by atoms with E-state index in [9.17, 15) is 0 Å². The van der Waals surface area contributed by atoms with Crippen LogP contribution in [0.2, 0.25) is 5.02 Å².